The maximum Gasteiger partial charge on any atom is 0.218 e. The number of methoxy groups -OCH3 is 1. The third-order valence-electron chi connectivity index (χ3n) is 2.38. The van der Waals surface area contributed by atoms with Crippen molar-refractivity contribution < 1.29 is 9.84 Å². The zero-order chi connectivity index (χ0) is 12.3. The van der Waals surface area contributed by atoms with Gasteiger partial charge in [-0.25, -0.2) is 4.98 Å². The van der Waals surface area contributed by atoms with Crippen LogP contribution in [-0.4, -0.2) is 17.2 Å². The lowest BCUT2D eigenvalue weighted by atomic mass is 10.1. The standard InChI is InChI=1S/C12H12BrNO2S/c1-16-12-9(3-2-6-14-12)10(15)7-8-4-5-11(13)17-8/h2-6,10,15H,7H2,1H3. The number of thiophene rings is 1. The molecule has 2 aromatic heterocycles. The van der Waals surface area contributed by atoms with E-state index in [2.05, 4.69) is 20.9 Å². The number of pyridine rings is 1. The van der Waals surface area contributed by atoms with E-state index in [0.717, 1.165) is 14.2 Å². The van der Waals surface area contributed by atoms with Gasteiger partial charge >= 0.3 is 0 Å². The number of hydrogen-bond donors (Lipinski definition) is 1. The molecule has 2 aromatic rings. The summed E-state index contributed by atoms with van der Waals surface area (Å²) in [6.45, 7) is 0. The van der Waals surface area contributed by atoms with E-state index in [1.807, 2.05) is 18.2 Å². The fourth-order valence-electron chi connectivity index (χ4n) is 1.59. The molecule has 1 unspecified atom stereocenters. The molecular formula is C12H12BrNO2S. The van der Waals surface area contributed by atoms with Crippen LogP contribution in [0.15, 0.2) is 34.2 Å². The van der Waals surface area contributed by atoms with Gasteiger partial charge in [0.2, 0.25) is 5.88 Å². The molecule has 0 aliphatic heterocycles. The number of aliphatic hydroxyl groups is 1. The van der Waals surface area contributed by atoms with E-state index in [1.165, 1.54) is 0 Å². The first-order valence-corrected chi connectivity index (χ1v) is 6.73. The lowest BCUT2D eigenvalue weighted by molar-refractivity contribution is 0.174. The lowest BCUT2D eigenvalue weighted by Crippen LogP contribution is -2.04. The Bertz CT molecular complexity index is 501. The molecule has 90 valence electrons. The van der Waals surface area contributed by atoms with Gasteiger partial charge in [-0.3, -0.25) is 0 Å². The summed E-state index contributed by atoms with van der Waals surface area (Å²) >= 11 is 5.03. The highest BCUT2D eigenvalue weighted by Crippen LogP contribution is 2.29. The zero-order valence-corrected chi connectivity index (χ0v) is 11.7. The summed E-state index contributed by atoms with van der Waals surface area (Å²) in [6, 6.07) is 7.61. The average molecular weight is 314 g/mol. The number of nitrogens with zero attached hydrogens (tertiary/aromatic N) is 1. The number of halogens is 1. The second-order valence-corrected chi connectivity index (χ2v) is 6.08. The summed E-state index contributed by atoms with van der Waals surface area (Å²) in [5.74, 6) is 0.482. The van der Waals surface area contributed by atoms with E-state index in [9.17, 15) is 5.11 Å². The topological polar surface area (TPSA) is 42.4 Å². The van der Waals surface area contributed by atoms with Gasteiger partial charge in [0, 0.05) is 23.1 Å². The van der Waals surface area contributed by atoms with Gasteiger partial charge in [0.1, 0.15) is 0 Å². The predicted molar refractivity (Wildman–Crippen MR) is 71.5 cm³/mol. The molecule has 0 saturated carbocycles. The van der Waals surface area contributed by atoms with Crippen LogP contribution in [0.2, 0.25) is 0 Å². The summed E-state index contributed by atoms with van der Waals surface area (Å²) in [4.78, 5) is 5.20. The molecule has 0 fully saturated rings. The molecule has 2 rings (SSSR count). The monoisotopic (exact) mass is 313 g/mol. The Morgan fingerprint density at radius 1 is 1.47 bits per heavy atom. The summed E-state index contributed by atoms with van der Waals surface area (Å²) < 4.78 is 6.20. The van der Waals surface area contributed by atoms with Crippen LogP contribution in [0.1, 0.15) is 16.5 Å². The quantitative estimate of drug-likeness (QED) is 0.942. The van der Waals surface area contributed by atoms with E-state index in [4.69, 9.17) is 4.74 Å². The molecule has 0 radical (unpaired) electrons. The van der Waals surface area contributed by atoms with Crippen LogP contribution in [0.5, 0.6) is 5.88 Å². The third kappa shape index (κ3) is 3.06. The van der Waals surface area contributed by atoms with Gasteiger partial charge in [-0.15, -0.1) is 11.3 Å². The first-order chi connectivity index (χ1) is 8.20. The predicted octanol–water partition coefficient (Wildman–Crippen LogP) is 3.19. The van der Waals surface area contributed by atoms with Crippen molar-refractivity contribution in [2.24, 2.45) is 0 Å². The van der Waals surface area contributed by atoms with Gasteiger partial charge in [0.25, 0.3) is 0 Å². The van der Waals surface area contributed by atoms with E-state index in [1.54, 1.807) is 30.7 Å². The molecule has 2 heterocycles. The molecule has 17 heavy (non-hydrogen) atoms. The van der Waals surface area contributed by atoms with Gasteiger partial charge in [-0.05, 0) is 40.2 Å². The van der Waals surface area contributed by atoms with Crippen LogP contribution in [0, 0.1) is 0 Å². The average Bonchev–Trinajstić information content (AvgIpc) is 2.74. The normalized spacial score (nSPS) is 12.4. The minimum absolute atomic E-state index is 0.482. The molecule has 0 amide bonds. The second kappa shape index (κ2) is 5.62. The van der Waals surface area contributed by atoms with Crippen molar-refractivity contribution in [2.45, 2.75) is 12.5 Å². The Kier molecular flexibility index (Phi) is 4.15. The molecule has 5 heteroatoms. The summed E-state index contributed by atoms with van der Waals surface area (Å²) in [6.07, 6.45) is 1.62. The van der Waals surface area contributed by atoms with Crippen molar-refractivity contribution >= 4 is 27.3 Å². The van der Waals surface area contributed by atoms with Crippen LogP contribution in [0.3, 0.4) is 0 Å². The highest BCUT2D eigenvalue weighted by molar-refractivity contribution is 9.11. The molecule has 0 bridgehead atoms. The molecule has 0 spiro atoms. The van der Waals surface area contributed by atoms with Crippen LogP contribution in [0.4, 0.5) is 0 Å². The molecule has 0 aliphatic carbocycles. The maximum atomic E-state index is 10.2. The second-order valence-electron chi connectivity index (χ2n) is 3.53. The Morgan fingerprint density at radius 3 is 2.94 bits per heavy atom. The van der Waals surface area contributed by atoms with E-state index < -0.39 is 6.10 Å². The van der Waals surface area contributed by atoms with Gasteiger partial charge in [0.05, 0.1) is 17.0 Å². The van der Waals surface area contributed by atoms with Gasteiger partial charge < -0.3 is 9.84 Å². The number of aromatic nitrogens is 1. The fraction of sp³-hybridized carbons (Fsp3) is 0.250. The van der Waals surface area contributed by atoms with E-state index in [0.29, 0.717) is 12.3 Å². The number of rotatable bonds is 4. The molecule has 1 atom stereocenters. The van der Waals surface area contributed by atoms with Crippen molar-refractivity contribution in [1.29, 1.82) is 0 Å². The summed E-state index contributed by atoms with van der Waals surface area (Å²) in [5, 5.41) is 10.2. The highest BCUT2D eigenvalue weighted by atomic mass is 79.9. The molecule has 1 N–H and O–H groups in total. The number of hydrogen-bond acceptors (Lipinski definition) is 4. The largest absolute Gasteiger partial charge is 0.481 e. The van der Waals surface area contributed by atoms with Crippen LogP contribution in [-0.2, 0) is 6.42 Å². The Labute approximate surface area is 112 Å². The highest BCUT2D eigenvalue weighted by Gasteiger charge is 2.15. The van der Waals surface area contributed by atoms with Crippen LogP contribution in [0.25, 0.3) is 0 Å². The SMILES string of the molecule is COc1ncccc1C(O)Cc1ccc(Br)s1. The lowest BCUT2D eigenvalue weighted by Gasteiger charge is -2.12. The van der Waals surface area contributed by atoms with Crippen LogP contribution < -0.4 is 4.74 Å². The Morgan fingerprint density at radius 2 is 2.29 bits per heavy atom. The van der Waals surface area contributed by atoms with E-state index in [-0.39, 0.29) is 0 Å². The van der Waals surface area contributed by atoms with Gasteiger partial charge in [-0.2, -0.15) is 0 Å². The molecule has 0 saturated heterocycles. The van der Waals surface area contributed by atoms with Gasteiger partial charge in [0.15, 0.2) is 0 Å². The number of aliphatic hydroxyl groups excluding tert-OH is 1. The summed E-state index contributed by atoms with van der Waals surface area (Å²) in [7, 11) is 1.56. The van der Waals surface area contributed by atoms with Crippen molar-refractivity contribution in [1.82, 2.24) is 4.98 Å². The minimum Gasteiger partial charge on any atom is -0.481 e. The maximum absolute atomic E-state index is 10.2. The summed E-state index contributed by atoms with van der Waals surface area (Å²) in [5.41, 5.74) is 0.722. The Hall–Kier alpha value is -0.910. The van der Waals surface area contributed by atoms with Gasteiger partial charge in [-0.1, -0.05) is 0 Å². The molecule has 0 aliphatic rings. The number of ether oxygens (including phenoxy) is 1. The smallest absolute Gasteiger partial charge is 0.218 e. The molecule has 0 aromatic carbocycles. The first kappa shape index (κ1) is 12.5. The zero-order valence-electron chi connectivity index (χ0n) is 9.26. The first-order valence-electron chi connectivity index (χ1n) is 5.12. The van der Waals surface area contributed by atoms with E-state index >= 15 is 0 Å². The minimum atomic E-state index is -0.593. The fourth-order valence-corrected chi connectivity index (χ4v) is 3.11. The van der Waals surface area contributed by atoms with Crippen molar-refractivity contribution in [2.75, 3.05) is 7.11 Å². The third-order valence-corrected chi connectivity index (χ3v) is 4.02. The Balaban J connectivity index is 2.16. The van der Waals surface area contributed by atoms with Crippen molar-refractivity contribution in [3.8, 4) is 5.88 Å². The van der Waals surface area contributed by atoms with Crippen LogP contribution >= 0.6 is 27.3 Å². The molecule has 3 nitrogen and oxygen atoms in total. The van der Waals surface area contributed by atoms with Crippen molar-refractivity contribution in [3.63, 3.8) is 0 Å². The van der Waals surface area contributed by atoms with Crippen molar-refractivity contribution in [3.05, 3.63) is 44.7 Å². The molecular weight excluding hydrogens is 302 g/mol.